The number of rotatable bonds is 5. The predicted octanol–water partition coefficient (Wildman–Crippen LogP) is 3.20. The van der Waals surface area contributed by atoms with Crippen molar-refractivity contribution in [3.05, 3.63) is 24.5 Å². The summed E-state index contributed by atoms with van der Waals surface area (Å²) in [6.07, 6.45) is 5.09. The quantitative estimate of drug-likeness (QED) is 0.862. The van der Waals surface area contributed by atoms with Gasteiger partial charge < -0.3 is 25.4 Å². The monoisotopic (exact) mass is 343 g/mol. The third kappa shape index (κ3) is 3.55. The first kappa shape index (κ1) is 17.1. The zero-order valence-corrected chi connectivity index (χ0v) is 15.0. The van der Waals surface area contributed by atoms with Gasteiger partial charge in [-0.1, -0.05) is 0 Å². The Bertz CT molecular complexity index is 737. The molecule has 1 aliphatic rings. The van der Waals surface area contributed by atoms with Crippen molar-refractivity contribution >= 4 is 23.0 Å². The maximum absolute atomic E-state index is 6.39. The molecule has 1 aromatic carbocycles. The lowest BCUT2D eigenvalue weighted by Crippen LogP contribution is -2.38. The molecule has 2 aromatic rings. The van der Waals surface area contributed by atoms with E-state index >= 15 is 0 Å². The van der Waals surface area contributed by atoms with Gasteiger partial charge in [0, 0.05) is 18.7 Å². The minimum absolute atomic E-state index is 0.421. The number of nitrogens with zero attached hydrogens (tertiary/aromatic N) is 3. The first-order valence-electron chi connectivity index (χ1n) is 8.50. The summed E-state index contributed by atoms with van der Waals surface area (Å²) in [6.45, 7) is 3.17. The standard InChI is InChI=1S/C18H25N5O2/c1-12-6-4-5-9-23(12)18-16(19)17(20-11-21-18)22-14-10-13(24-2)7-8-15(14)25-3/h7-8,10-12H,4-6,9,19H2,1-3H3,(H,20,21,22). The van der Waals surface area contributed by atoms with Crippen LogP contribution in [0.5, 0.6) is 11.5 Å². The fraction of sp³-hybridized carbons (Fsp3) is 0.444. The molecule has 1 saturated heterocycles. The first-order valence-corrected chi connectivity index (χ1v) is 8.50. The third-order valence-electron chi connectivity index (χ3n) is 4.60. The second kappa shape index (κ2) is 7.46. The molecular formula is C18H25N5O2. The highest BCUT2D eigenvalue weighted by atomic mass is 16.5. The van der Waals surface area contributed by atoms with E-state index in [0.717, 1.165) is 36.6 Å². The predicted molar refractivity (Wildman–Crippen MR) is 99.9 cm³/mol. The summed E-state index contributed by atoms with van der Waals surface area (Å²) in [7, 11) is 3.25. The Kier molecular flexibility index (Phi) is 5.11. The zero-order chi connectivity index (χ0) is 17.8. The molecule has 1 aromatic heterocycles. The van der Waals surface area contributed by atoms with Crippen molar-refractivity contribution in [2.45, 2.75) is 32.2 Å². The van der Waals surface area contributed by atoms with Gasteiger partial charge >= 0.3 is 0 Å². The number of nitrogens with two attached hydrogens (primary N) is 1. The lowest BCUT2D eigenvalue weighted by Gasteiger charge is -2.35. The molecule has 3 rings (SSSR count). The van der Waals surface area contributed by atoms with Gasteiger partial charge in [0.05, 0.1) is 19.9 Å². The maximum Gasteiger partial charge on any atom is 0.159 e. The van der Waals surface area contributed by atoms with Crippen LogP contribution in [0.2, 0.25) is 0 Å². The van der Waals surface area contributed by atoms with E-state index in [1.54, 1.807) is 20.5 Å². The summed E-state index contributed by atoms with van der Waals surface area (Å²) in [5, 5.41) is 3.25. The molecule has 0 spiro atoms. The highest BCUT2D eigenvalue weighted by Crippen LogP contribution is 2.36. The fourth-order valence-electron chi connectivity index (χ4n) is 3.17. The van der Waals surface area contributed by atoms with Crippen molar-refractivity contribution in [1.82, 2.24) is 9.97 Å². The minimum atomic E-state index is 0.421. The minimum Gasteiger partial charge on any atom is -0.497 e. The summed E-state index contributed by atoms with van der Waals surface area (Å²) in [5.41, 5.74) is 7.67. The van der Waals surface area contributed by atoms with Crippen LogP contribution in [-0.4, -0.2) is 36.8 Å². The van der Waals surface area contributed by atoms with E-state index in [-0.39, 0.29) is 0 Å². The van der Waals surface area contributed by atoms with Gasteiger partial charge in [-0.05, 0) is 38.3 Å². The van der Waals surface area contributed by atoms with Crippen LogP contribution in [0.3, 0.4) is 0 Å². The molecule has 1 unspecified atom stereocenters. The Balaban J connectivity index is 1.92. The van der Waals surface area contributed by atoms with Crippen molar-refractivity contribution in [2.75, 3.05) is 36.7 Å². The number of piperidine rings is 1. The molecule has 0 aliphatic carbocycles. The van der Waals surface area contributed by atoms with E-state index in [4.69, 9.17) is 15.2 Å². The molecule has 1 atom stereocenters. The number of ether oxygens (including phenoxy) is 2. The van der Waals surface area contributed by atoms with Crippen molar-refractivity contribution in [3.8, 4) is 11.5 Å². The zero-order valence-electron chi connectivity index (χ0n) is 15.0. The van der Waals surface area contributed by atoms with Crippen LogP contribution in [0.25, 0.3) is 0 Å². The molecular weight excluding hydrogens is 318 g/mol. The molecule has 134 valence electrons. The van der Waals surface area contributed by atoms with Crippen LogP contribution in [0.15, 0.2) is 24.5 Å². The first-order chi connectivity index (χ1) is 12.1. The molecule has 3 N–H and O–H groups in total. The second-order valence-electron chi connectivity index (χ2n) is 6.19. The van der Waals surface area contributed by atoms with Crippen molar-refractivity contribution < 1.29 is 9.47 Å². The Morgan fingerprint density at radius 3 is 2.76 bits per heavy atom. The number of benzene rings is 1. The van der Waals surface area contributed by atoms with E-state index in [9.17, 15) is 0 Å². The van der Waals surface area contributed by atoms with Crippen LogP contribution in [0.4, 0.5) is 23.0 Å². The number of hydrogen-bond acceptors (Lipinski definition) is 7. The lowest BCUT2D eigenvalue weighted by atomic mass is 10.0. The smallest absolute Gasteiger partial charge is 0.159 e. The summed E-state index contributed by atoms with van der Waals surface area (Å²) in [5.74, 6) is 2.76. The van der Waals surface area contributed by atoms with E-state index in [1.165, 1.54) is 6.42 Å². The van der Waals surface area contributed by atoms with Crippen molar-refractivity contribution in [1.29, 1.82) is 0 Å². The number of anilines is 4. The normalized spacial score (nSPS) is 17.2. The van der Waals surface area contributed by atoms with Crippen LogP contribution < -0.4 is 25.4 Å². The Morgan fingerprint density at radius 1 is 1.20 bits per heavy atom. The van der Waals surface area contributed by atoms with E-state index in [0.29, 0.717) is 23.3 Å². The van der Waals surface area contributed by atoms with E-state index < -0.39 is 0 Å². The molecule has 7 heteroatoms. The summed E-state index contributed by atoms with van der Waals surface area (Å²) in [4.78, 5) is 11.0. The number of hydrogen-bond donors (Lipinski definition) is 2. The SMILES string of the molecule is COc1ccc(OC)c(Nc2ncnc(N3CCCCC3C)c2N)c1. The van der Waals surface area contributed by atoms with Crippen LogP contribution in [0, 0.1) is 0 Å². The van der Waals surface area contributed by atoms with Gasteiger partial charge in [-0.2, -0.15) is 0 Å². The fourth-order valence-corrected chi connectivity index (χ4v) is 3.17. The molecule has 25 heavy (non-hydrogen) atoms. The summed E-state index contributed by atoms with van der Waals surface area (Å²) < 4.78 is 10.7. The average Bonchev–Trinajstić information content (AvgIpc) is 2.64. The molecule has 0 bridgehead atoms. The molecule has 0 radical (unpaired) electrons. The topological polar surface area (TPSA) is 85.5 Å². The average molecular weight is 343 g/mol. The second-order valence-corrected chi connectivity index (χ2v) is 6.19. The summed E-state index contributed by atoms with van der Waals surface area (Å²) in [6, 6.07) is 5.95. The molecule has 1 fully saturated rings. The Hall–Kier alpha value is -2.70. The molecule has 2 heterocycles. The van der Waals surface area contributed by atoms with Crippen LogP contribution in [0.1, 0.15) is 26.2 Å². The van der Waals surface area contributed by atoms with Crippen molar-refractivity contribution in [3.63, 3.8) is 0 Å². The third-order valence-corrected chi connectivity index (χ3v) is 4.60. The highest BCUT2D eigenvalue weighted by Gasteiger charge is 2.23. The van der Waals surface area contributed by atoms with Gasteiger partial charge in [0.2, 0.25) is 0 Å². The maximum atomic E-state index is 6.39. The number of methoxy groups -OCH3 is 2. The number of nitrogen functional groups attached to an aromatic ring is 1. The Morgan fingerprint density at radius 2 is 2.04 bits per heavy atom. The summed E-state index contributed by atoms with van der Waals surface area (Å²) >= 11 is 0. The van der Waals surface area contributed by atoms with Gasteiger partial charge in [-0.25, -0.2) is 9.97 Å². The van der Waals surface area contributed by atoms with Crippen LogP contribution >= 0.6 is 0 Å². The van der Waals surface area contributed by atoms with Gasteiger partial charge in [0.25, 0.3) is 0 Å². The lowest BCUT2D eigenvalue weighted by molar-refractivity contribution is 0.405. The molecule has 1 aliphatic heterocycles. The molecule has 7 nitrogen and oxygen atoms in total. The van der Waals surface area contributed by atoms with E-state index in [1.807, 2.05) is 18.2 Å². The van der Waals surface area contributed by atoms with E-state index in [2.05, 4.69) is 27.1 Å². The van der Waals surface area contributed by atoms with Crippen molar-refractivity contribution in [2.24, 2.45) is 0 Å². The van der Waals surface area contributed by atoms with Crippen LogP contribution in [-0.2, 0) is 0 Å². The largest absolute Gasteiger partial charge is 0.497 e. The van der Waals surface area contributed by atoms with Gasteiger partial charge in [0.15, 0.2) is 11.6 Å². The highest BCUT2D eigenvalue weighted by molar-refractivity contribution is 5.80. The number of aromatic nitrogens is 2. The molecule has 0 saturated carbocycles. The van der Waals surface area contributed by atoms with Gasteiger partial charge in [-0.3, -0.25) is 0 Å². The molecule has 0 amide bonds. The number of nitrogens with one attached hydrogen (secondary N) is 1. The Labute approximate surface area is 148 Å². The van der Waals surface area contributed by atoms with Gasteiger partial charge in [-0.15, -0.1) is 0 Å². The van der Waals surface area contributed by atoms with Gasteiger partial charge in [0.1, 0.15) is 23.5 Å².